The first-order chi connectivity index (χ1) is 6.36. The second-order valence-corrected chi connectivity index (χ2v) is 3.67. The van der Waals surface area contributed by atoms with Crippen LogP contribution in [0.15, 0.2) is 12.2 Å². The first-order valence-corrected chi connectivity index (χ1v) is 4.97. The summed E-state index contributed by atoms with van der Waals surface area (Å²) in [7, 11) is 0. The highest BCUT2D eigenvalue weighted by atomic mass is 16.6. The Morgan fingerprint density at radius 3 is 2.46 bits per heavy atom. The number of carbonyl (C=O) groups is 1. The van der Waals surface area contributed by atoms with Crippen molar-refractivity contribution in [2.24, 2.45) is 0 Å². The average molecular weight is 181 g/mol. The molecule has 1 saturated carbocycles. The molecule has 1 fully saturated rings. The van der Waals surface area contributed by atoms with Crippen molar-refractivity contribution < 1.29 is 9.53 Å². The topological polar surface area (TPSA) is 29.5 Å². The summed E-state index contributed by atoms with van der Waals surface area (Å²) in [6.07, 6.45) is 8.54. The summed E-state index contributed by atoms with van der Waals surface area (Å²) in [5.74, 6) is 0. The summed E-state index contributed by atoms with van der Waals surface area (Å²) >= 11 is 0. The molecule has 2 rings (SSSR count). The maximum absolute atomic E-state index is 11.5. The number of amides is 1. The predicted molar refractivity (Wildman–Crippen MR) is 49.5 cm³/mol. The minimum absolute atomic E-state index is 0.142. The normalized spacial score (nSPS) is 22.6. The lowest BCUT2D eigenvalue weighted by Crippen LogP contribution is -2.31. The predicted octanol–water partition coefficient (Wildman–Crippen LogP) is 1.94. The van der Waals surface area contributed by atoms with Crippen LogP contribution in [0.2, 0.25) is 0 Å². The highest BCUT2D eigenvalue weighted by molar-refractivity contribution is 5.68. The monoisotopic (exact) mass is 181 g/mol. The molecule has 0 unspecified atom stereocenters. The largest absolute Gasteiger partial charge is 0.446 e. The molecule has 1 aliphatic heterocycles. The Kier molecular flexibility index (Phi) is 2.52. The molecule has 0 aromatic rings. The van der Waals surface area contributed by atoms with E-state index in [4.69, 9.17) is 4.74 Å². The van der Waals surface area contributed by atoms with Crippen molar-refractivity contribution in [1.29, 1.82) is 0 Å². The van der Waals surface area contributed by atoms with Crippen LogP contribution in [-0.4, -0.2) is 30.2 Å². The lowest BCUT2D eigenvalue weighted by molar-refractivity contribution is 0.0728. The summed E-state index contributed by atoms with van der Waals surface area (Å²) in [6.45, 7) is 1.43. The zero-order valence-electron chi connectivity index (χ0n) is 7.74. The minimum Gasteiger partial charge on any atom is -0.446 e. The summed E-state index contributed by atoms with van der Waals surface area (Å²) < 4.78 is 5.34. The molecule has 72 valence electrons. The van der Waals surface area contributed by atoms with Gasteiger partial charge in [0.1, 0.15) is 6.10 Å². The quantitative estimate of drug-likeness (QED) is 0.578. The van der Waals surface area contributed by atoms with Crippen LogP contribution < -0.4 is 0 Å². The molecule has 1 heterocycles. The molecule has 2 aliphatic rings. The van der Waals surface area contributed by atoms with Crippen molar-refractivity contribution in [3.05, 3.63) is 12.2 Å². The van der Waals surface area contributed by atoms with Crippen LogP contribution in [0, 0.1) is 0 Å². The van der Waals surface area contributed by atoms with Gasteiger partial charge in [0, 0.05) is 13.1 Å². The third-order valence-corrected chi connectivity index (χ3v) is 2.65. The van der Waals surface area contributed by atoms with E-state index in [0.29, 0.717) is 13.1 Å². The smallest absolute Gasteiger partial charge is 0.410 e. The molecule has 0 bridgehead atoms. The Hall–Kier alpha value is -0.990. The van der Waals surface area contributed by atoms with E-state index in [9.17, 15) is 4.79 Å². The maximum Gasteiger partial charge on any atom is 0.410 e. The summed E-state index contributed by atoms with van der Waals surface area (Å²) in [4.78, 5) is 13.2. The standard InChI is InChI=1S/C10H15NO2/c12-10(11-7-3-4-8-11)13-9-5-1-2-6-9/h3-4,9H,1-2,5-8H2. The lowest BCUT2D eigenvalue weighted by atomic mass is 10.3. The average Bonchev–Trinajstić information content (AvgIpc) is 2.74. The molecule has 0 spiro atoms. The molecular weight excluding hydrogens is 166 g/mol. The van der Waals surface area contributed by atoms with Crippen LogP contribution in [0.1, 0.15) is 25.7 Å². The van der Waals surface area contributed by atoms with Gasteiger partial charge in [-0.1, -0.05) is 12.2 Å². The number of rotatable bonds is 1. The molecule has 1 aliphatic carbocycles. The van der Waals surface area contributed by atoms with E-state index in [2.05, 4.69) is 0 Å². The van der Waals surface area contributed by atoms with Crippen LogP contribution in [0.25, 0.3) is 0 Å². The second-order valence-electron chi connectivity index (χ2n) is 3.67. The number of ether oxygens (including phenoxy) is 1. The van der Waals surface area contributed by atoms with E-state index in [1.54, 1.807) is 4.90 Å². The van der Waals surface area contributed by atoms with Gasteiger partial charge >= 0.3 is 6.09 Å². The van der Waals surface area contributed by atoms with E-state index >= 15 is 0 Å². The summed E-state index contributed by atoms with van der Waals surface area (Å²) in [6, 6.07) is 0. The number of carbonyl (C=O) groups excluding carboxylic acids is 1. The fraction of sp³-hybridized carbons (Fsp3) is 0.700. The molecule has 0 aromatic carbocycles. The van der Waals surface area contributed by atoms with Gasteiger partial charge in [0.2, 0.25) is 0 Å². The van der Waals surface area contributed by atoms with Gasteiger partial charge < -0.3 is 9.64 Å². The third-order valence-electron chi connectivity index (χ3n) is 2.65. The van der Waals surface area contributed by atoms with Gasteiger partial charge in [0.15, 0.2) is 0 Å². The Morgan fingerprint density at radius 1 is 1.23 bits per heavy atom. The van der Waals surface area contributed by atoms with Crippen molar-refractivity contribution in [3.63, 3.8) is 0 Å². The SMILES string of the molecule is O=C(OC1CCCC1)N1CC=CC1. The van der Waals surface area contributed by atoms with E-state index in [1.807, 2.05) is 12.2 Å². The fourth-order valence-corrected chi connectivity index (χ4v) is 1.85. The molecular formula is C10H15NO2. The number of hydrogen-bond donors (Lipinski definition) is 0. The van der Waals surface area contributed by atoms with Gasteiger partial charge in [-0.3, -0.25) is 0 Å². The van der Waals surface area contributed by atoms with Crippen LogP contribution in [0.3, 0.4) is 0 Å². The molecule has 1 amide bonds. The second kappa shape index (κ2) is 3.81. The van der Waals surface area contributed by atoms with Gasteiger partial charge in [-0.2, -0.15) is 0 Å². The van der Waals surface area contributed by atoms with Crippen molar-refractivity contribution in [1.82, 2.24) is 4.90 Å². The zero-order valence-corrected chi connectivity index (χ0v) is 7.74. The van der Waals surface area contributed by atoms with E-state index in [1.165, 1.54) is 12.8 Å². The van der Waals surface area contributed by atoms with E-state index < -0.39 is 0 Å². The van der Waals surface area contributed by atoms with Gasteiger partial charge in [0.25, 0.3) is 0 Å². The van der Waals surface area contributed by atoms with Crippen LogP contribution >= 0.6 is 0 Å². The van der Waals surface area contributed by atoms with Crippen molar-refractivity contribution in [3.8, 4) is 0 Å². The van der Waals surface area contributed by atoms with Crippen LogP contribution in [0.5, 0.6) is 0 Å². The summed E-state index contributed by atoms with van der Waals surface area (Å²) in [5, 5.41) is 0. The Bertz CT molecular complexity index is 211. The molecule has 0 radical (unpaired) electrons. The minimum atomic E-state index is -0.142. The lowest BCUT2D eigenvalue weighted by Gasteiger charge is -2.18. The number of hydrogen-bond acceptors (Lipinski definition) is 2. The zero-order chi connectivity index (χ0) is 9.10. The first-order valence-electron chi connectivity index (χ1n) is 4.97. The van der Waals surface area contributed by atoms with Crippen LogP contribution in [-0.2, 0) is 4.74 Å². The third kappa shape index (κ3) is 2.02. The Morgan fingerprint density at radius 2 is 1.85 bits per heavy atom. The Labute approximate surface area is 78.4 Å². The summed E-state index contributed by atoms with van der Waals surface area (Å²) in [5.41, 5.74) is 0. The van der Waals surface area contributed by atoms with Gasteiger partial charge in [-0.05, 0) is 25.7 Å². The molecule has 0 atom stereocenters. The van der Waals surface area contributed by atoms with Gasteiger partial charge in [-0.15, -0.1) is 0 Å². The molecule has 13 heavy (non-hydrogen) atoms. The van der Waals surface area contributed by atoms with E-state index in [0.717, 1.165) is 12.8 Å². The van der Waals surface area contributed by atoms with Gasteiger partial charge in [-0.25, -0.2) is 4.79 Å². The van der Waals surface area contributed by atoms with Crippen molar-refractivity contribution in [2.45, 2.75) is 31.8 Å². The van der Waals surface area contributed by atoms with Gasteiger partial charge in [0.05, 0.1) is 0 Å². The molecule has 3 nitrogen and oxygen atoms in total. The molecule has 0 N–H and O–H groups in total. The molecule has 0 saturated heterocycles. The van der Waals surface area contributed by atoms with Crippen molar-refractivity contribution >= 4 is 6.09 Å². The van der Waals surface area contributed by atoms with Crippen molar-refractivity contribution in [2.75, 3.05) is 13.1 Å². The highest BCUT2D eigenvalue weighted by Gasteiger charge is 2.22. The number of nitrogens with zero attached hydrogens (tertiary/aromatic N) is 1. The first kappa shape index (κ1) is 8.60. The molecule has 0 aromatic heterocycles. The maximum atomic E-state index is 11.5. The highest BCUT2D eigenvalue weighted by Crippen LogP contribution is 2.21. The molecule has 3 heteroatoms. The fourth-order valence-electron chi connectivity index (χ4n) is 1.85. The van der Waals surface area contributed by atoms with E-state index in [-0.39, 0.29) is 12.2 Å². The van der Waals surface area contributed by atoms with Crippen LogP contribution in [0.4, 0.5) is 4.79 Å². The Balaban J connectivity index is 1.77.